The Bertz CT molecular complexity index is 454. The summed E-state index contributed by atoms with van der Waals surface area (Å²) in [6.45, 7) is 10.2. The maximum Gasteiger partial charge on any atom is 0.339 e. The second-order valence-corrected chi connectivity index (χ2v) is 7.35. The molecule has 0 bridgehead atoms. The van der Waals surface area contributed by atoms with E-state index < -0.39 is 5.60 Å². The number of thiophene rings is 1. The molecule has 3 heteroatoms. The summed E-state index contributed by atoms with van der Waals surface area (Å²) in [4.78, 5) is 13.6. The Labute approximate surface area is 113 Å². The van der Waals surface area contributed by atoms with Crippen molar-refractivity contribution in [2.45, 2.75) is 59.0 Å². The van der Waals surface area contributed by atoms with Crippen LogP contribution < -0.4 is 0 Å². The number of carbonyl (C=O) groups excluding carboxylic acids is 1. The Hall–Kier alpha value is -0.830. The van der Waals surface area contributed by atoms with Crippen LogP contribution in [0.1, 0.15) is 67.8 Å². The molecule has 18 heavy (non-hydrogen) atoms. The first-order valence-corrected chi connectivity index (χ1v) is 7.49. The summed E-state index contributed by atoms with van der Waals surface area (Å²) in [7, 11) is 0. The van der Waals surface area contributed by atoms with E-state index in [-0.39, 0.29) is 5.97 Å². The first kappa shape index (κ1) is 13.6. The van der Waals surface area contributed by atoms with E-state index >= 15 is 0 Å². The van der Waals surface area contributed by atoms with E-state index in [1.807, 2.05) is 26.2 Å². The predicted octanol–water partition coefficient (Wildman–Crippen LogP) is 4.39. The normalized spacial score (nSPS) is 23.6. The number of hydrogen-bond acceptors (Lipinski definition) is 3. The summed E-state index contributed by atoms with van der Waals surface area (Å²) in [6, 6.07) is 0. The van der Waals surface area contributed by atoms with Crippen molar-refractivity contribution in [3.8, 4) is 0 Å². The van der Waals surface area contributed by atoms with E-state index in [0.717, 1.165) is 12.0 Å². The van der Waals surface area contributed by atoms with E-state index in [2.05, 4.69) is 13.8 Å². The molecule has 2 unspecified atom stereocenters. The molecule has 0 radical (unpaired) electrons. The highest BCUT2D eigenvalue weighted by Crippen LogP contribution is 2.40. The molecule has 0 aromatic carbocycles. The summed E-state index contributed by atoms with van der Waals surface area (Å²) in [5.74, 6) is 1.06. The molecule has 1 aromatic heterocycles. The highest BCUT2D eigenvalue weighted by molar-refractivity contribution is 7.10. The fourth-order valence-corrected chi connectivity index (χ4v) is 3.82. The molecule has 1 heterocycles. The summed E-state index contributed by atoms with van der Waals surface area (Å²) < 4.78 is 5.49. The molecule has 0 fully saturated rings. The molecule has 0 saturated heterocycles. The summed E-state index contributed by atoms with van der Waals surface area (Å²) >= 11 is 1.72. The molecule has 2 rings (SSSR count). The van der Waals surface area contributed by atoms with Crippen LogP contribution in [0.15, 0.2) is 5.38 Å². The van der Waals surface area contributed by atoms with Gasteiger partial charge in [-0.25, -0.2) is 4.79 Å². The molecule has 0 spiro atoms. The zero-order valence-corrected chi connectivity index (χ0v) is 12.7. The lowest BCUT2D eigenvalue weighted by Gasteiger charge is -2.25. The SMILES string of the molecule is CC1Cc2c(C(=O)OC(C)(C)C)csc2C(C)C1. The molecular weight excluding hydrogens is 244 g/mol. The van der Waals surface area contributed by atoms with E-state index in [4.69, 9.17) is 4.74 Å². The van der Waals surface area contributed by atoms with E-state index in [9.17, 15) is 4.79 Å². The number of fused-ring (bicyclic) bond motifs is 1. The fourth-order valence-electron chi connectivity index (χ4n) is 2.67. The van der Waals surface area contributed by atoms with Crippen molar-refractivity contribution in [1.82, 2.24) is 0 Å². The number of esters is 1. The molecule has 0 N–H and O–H groups in total. The monoisotopic (exact) mass is 266 g/mol. The minimum absolute atomic E-state index is 0.165. The van der Waals surface area contributed by atoms with Gasteiger partial charge in [0, 0.05) is 10.3 Å². The van der Waals surface area contributed by atoms with Gasteiger partial charge in [0.05, 0.1) is 5.56 Å². The fraction of sp³-hybridized carbons (Fsp3) is 0.667. The quantitative estimate of drug-likeness (QED) is 0.705. The van der Waals surface area contributed by atoms with Crippen molar-refractivity contribution in [2.75, 3.05) is 0 Å². The largest absolute Gasteiger partial charge is 0.456 e. The maximum absolute atomic E-state index is 12.2. The van der Waals surface area contributed by atoms with Gasteiger partial charge < -0.3 is 4.74 Å². The van der Waals surface area contributed by atoms with Gasteiger partial charge in [0.15, 0.2) is 0 Å². The number of carbonyl (C=O) groups is 1. The summed E-state index contributed by atoms with van der Waals surface area (Å²) in [5.41, 5.74) is 1.61. The lowest BCUT2D eigenvalue weighted by Crippen LogP contribution is -2.25. The molecule has 100 valence electrons. The van der Waals surface area contributed by atoms with Crippen molar-refractivity contribution >= 4 is 17.3 Å². The van der Waals surface area contributed by atoms with Gasteiger partial charge in [-0.3, -0.25) is 0 Å². The van der Waals surface area contributed by atoms with Gasteiger partial charge >= 0.3 is 5.97 Å². The van der Waals surface area contributed by atoms with Gasteiger partial charge in [-0.15, -0.1) is 11.3 Å². The van der Waals surface area contributed by atoms with Crippen LogP contribution in [0.4, 0.5) is 0 Å². The van der Waals surface area contributed by atoms with Crippen molar-refractivity contribution < 1.29 is 9.53 Å². The van der Waals surface area contributed by atoms with Crippen LogP contribution in [0.2, 0.25) is 0 Å². The number of rotatable bonds is 1. The molecule has 0 amide bonds. The molecule has 0 aliphatic heterocycles. The molecular formula is C15H22O2S. The minimum Gasteiger partial charge on any atom is -0.456 e. The highest BCUT2D eigenvalue weighted by atomic mass is 32.1. The van der Waals surface area contributed by atoms with Crippen LogP contribution in [-0.4, -0.2) is 11.6 Å². The highest BCUT2D eigenvalue weighted by Gasteiger charge is 2.29. The standard InChI is InChI=1S/C15H22O2S/c1-9-6-10(2)13-11(7-9)12(8-18-13)14(16)17-15(3,4)5/h8-10H,6-7H2,1-5H3. The zero-order valence-electron chi connectivity index (χ0n) is 11.9. The number of hydrogen-bond donors (Lipinski definition) is 0. The first-order valence-electron chi connectivity index (χ1n) is 6.61. The van der Waals surface area contributed by atoms with Crippen molar-refractivity contribution in [2.24, 2.45) is 5.92 Å². The lowest BCUT2D eigenvalue weighted by molar-refractivity contribution is 0.00686. The molecule has 2 nitrogen and oxygen atoms in total. The second kappa shape index (κ2) is 4.69. The van der Waals surface area contributed by atoms with Gasteiger partial charge in [-0.05, 0) is 51.0 Å². The Balaban J connectivity index is 2.28. The second-order valence-electron chi connectivity index (χ2n) is 6.44. The molecule has 1 aromatic rings. The lowest BCUT2D eigenvalue weighted by atomic mass is 9.82. The summed E-state index contributed by atoms with van der Waals surface area (Å²) in [6.07, 6.45) is 2.24. The Morgan fingerprint density at radius 1 is 1.39 bits per heavy atom. The van der Waals surface area contributed by atoms with Crippen LogP contribution >= 0.6 is 11.3 Å². The molecule has 1 aliphatic carbocycles. The van der Waals surface area contributed by atoms with Crippen molar-refractivity contribution in [3.63, 3.8) is 0 Å². The van der Waals surface area contributed by atoms with Gasteiger partial charge in [-0.1, -0.05) is 13.8 Å². The zero-order chi connectivity index (χ0) is 13.5. The van der Waals surface area contributed by atoms with Crippen LogP contribution in [0, 0.1) is 5.92 Å². The summed E-state index contributed by atoms with van der Waals surface area (Å²) in [5, 5.41) is 1.98. The van der Waals surface area contributed by atoms with Gasteiger partial charge in [0.25, 0.3) is 0 Å². The van der Waals surface area contributed by atoms with Gasteiger partial charge in [-0.2, -0.15) is 0 Å². The third kappa shape index (κ3) is 2.77. The topological polar surface area (TPSA) is 26.3 Å². The van der Waals surface area contributed by atoms with E-state index in [0.29, 0.717) is 11.8 Å². The minimum atomic E-state index is -0.419. The van der Waals surface area contributed by atoms with E-state index in [1.165, 1.54) is 16.9 Å². The van der Waals surface area contributed by atoms with Gasteiger partial charge in [0.1, 0.15) is 5.60 Å². The predicted molar refractivity (Wildman–Crippen MR) is 75.4 cm³/mol. The average Bonchev–Trinajstić information content (AvgIpc) is 2.58. The Morgan fingerprint density at radius 2 is 2.06 bits per heavy atom. The van der Waals surface area contributed by atoms with Crippen molar-refractivity contribution in [3.05, 3.63) is 21.4 Å². The van der Waals surface area contributed by atoms with Crippen LogP contribution in [0.25, 0.3) is 0 Å². The van der Waals surface area contributed by atoms with Crippen molar-refractivity contribution in [1.29, 1.82) is 0 Å². The molecule has 1 aliphatic rings. The average molecular weight is 266 g/mol. The third-order valence-electron chi connectivity index (χ3n) is 3.30. The van der Waals surface area contributed by atoms with E-state index in [1.54, 1.807) is 11.3 Å². The van der Waals surface area contributed by atoms with Crippen LogP contribution in [-0.2, 0) is 11.2 Å². The van der Waals surface area contributed by atoms with Crippen LogP contribution in [0.5, 0.6) is 0 Å². The Morgan fingerprint density at radius 3 is 2.67 bits per heavy atom. The molecule has 0 saturated carbocycles. The maximum atomic E-state index is 12.2. The third-order valence-corrected chi connectivity index (χ3v) is 4.56. The van der Waals surface area contributed by atoms with Crippen LogP contribution in [0.3, 0.4) is 0 Å². The number of ether oxygens (including phenoxy) is 1. The molecule has 2 atom stereocenters. The first-order chi connectivity index (χ1) is 8.28. The smallest absolute Gasteiger partial charge is 0.339 e. The van der Waals surface area contributed by atoms with Gasteiger partial charge in [0.2, 0.25) is 0 Å². The Kier molecular flexibility index (Phi) is 3.54.